The number of thiazole rings is 1. The Labute approximate surface area is 162 Å². The molecule has 0 radical (unpaired) electrons. The number of benzene rings is 1. The van der Waals surface area contributed by atoms with Crippen molar-refractivity contribution >= 4 is 22.4 Å². The van der Waals surface area contributed by atoms with Gasteiger partial charge in [0, 0.05) is 23.2 Å². The molecule has 7 heteroatoms. The minimum absolute atomic E-state index is 0.0356. The highest BCUT2D eigenvalue weighted by molar-refractivity contribution is 7.16. The molecule has 6 nitrogen and oxygen atoms in total. The molecule has 4 rings (SSSR count). The molecule has 2 aromatic heterocycles. The third-order valence-electron chi connectivity index (χ3n) is 4.75. The van der Waals surface area contributed by atoms with Gasteiger partial charge in [0.2, 0.25) is 0 Å². The number of hydrogen-bond donors (Lipinski definition) is 1. The van der Waals surface area contributed by atoms with Crippen LogP contribution in [-0.4, -0.2) is 27.3 Å². The number of aryl methyl sites for hydroxylation is 2. The first-order valence-corrected chi connectivity index (χ1v) is 9.87. The number of nitrogens with zero attached hydrogens (tertiary/aromatic N) is 3. The Morgan fingerprint density at radius 1 is 1.33 bits per heavy atom. The molecule has 1 aliphatic carbocycles. The van der Waals surface area contributed by atoms with Gasteiger partial charge in [-0.25, -0.2) is 4.98 Å². The lowest BCUT2D eigenvalue weighted by atomic mass is 10.0. The van der Waals surface area contributed by atoms with Crippen molar-refractivity contribution in [3.05, 3.63) is 46.6 Å². The van der Waals surface area contributed by atoms with Gasteiger partial charge in [0.25, 0.3) is 5.91 Å². The van der Waals surface area contributed by atoms with Crippen molar-refractivity contribution < 1.29 is 9.53 Å². The third kappa shape index (κ3) is 3.47. The molecule has 0 fully saturated rings. The minimum Gasteiger partial charge on any atom is -0.483 e. The second kappa shape index (κ2) is 7.15. The van der Waals surface area contributed by atoms with Crippen LogP contribution in [0.1, 0.15) is 35.9 Å². The zero-order valence-electron chi connectivity index (χ0n) is 15.7. The van der Waals surface area contributed by atoms with Gasteiger partial charge in [-0.15, -0.1) is 11.3 Å². The van der Waals surface area contributed by atoms with Gasteiger partial charge in [0.1, 0.15) is 5.75 Å². The fourth-order valence-electron chi connectivity index (χ4n) is 3.36. The van der Waals surface area contributed by atoms with E-state index in [9.17, 15) is 4.79 Å². The Bertz CT molecular complexity index is 990. The Balaban J connectivity index is 1.44. The van der Waals surface area contributed by atoms with Gasteiger partial charge in [-0.3, -0.25) is 14.8 Å². The highest BCUT2D eigenvalue weighted by atomic mass is 32.1. The van der Waals surface area contributed by atoms with Crippen LogP contribution in [0.5, 0.6) is 5.75 Å². The predicted octanol–water partition coefficient (Wildman–Crippen LogP) is 3.78. The molecular formula is C20H22N4O2S. The fraction of sp³-hybridized carbons (Fsp3) is 0.350. The smallest absolute Gasteiger partial charge is 0.264 e. The van der Waals surface area contributed by atoms with E-state index in [-0.39, 0.29) is 12.5 Å². The summed E-state index contributed by atoms with van der Waals surface area (Å²) in [5, 5.41) is 7.81. The number of fused-ring (bicyclic) bond motifs is 3. The highest BCUT2D eigenvalue weighted by Crippen LogP contribution is 2.37. The predicted molar refractivity (Wildman–Crippen MR) is 106 cm³/mol. The zero-order chi connectivity index (χ0) is 19.0. The van der Waals surface area contributed by atoms with Crippen LogP contribution in [-0.2, 0) is 24.7 Å². The molecule has 0 bridgehead atoms. The van der Waals surface area contributed by atoms with Crippen molar-refractivity contribution in [1.29, 1.82) is 0 Å². The number of carbonyl (C=O) groups excluding carboxylic acids is 1. The maximum Gasteiger partial charge on any atom is 0.264 e. The monoisotopic (exact) mass is 382 g/mol. The van der Waals surface area contributed by atoms with Crippen LogP contribution in [0.3, 0.4) is 0 Å². The summed E-state index contributed by atoms with van der Waals surface area (Å²) in [5.74, 6) is 0.885. The molecule has 0 unspecified atom stereocenters. The van der Waals surface area contributed by atoms with Gasteiger partial charge in [-0.1, -0.05) is 32.0 Å². The van der Waals surface area contributed by atoms with Crippen LogP contribution in [0.25, 0.3) is 11.3 Å². The number of rotatable bonds is 5. The minimum atomic E-state index is -0.203. The number of hydrogen-bond acceptors (Lipinski definition) is 5. The summed E-state index contributed by atoms with van der Waals surface area (Å²) in [6.07, 6.45) is 3.72. The molecule has 0 saturated heterocycles. The summed E-state index contributed by atoms with van der Waals surface area (Å²) in [5.41, 5.74) is 4.30. The number of nitrogens with one attached hydrogen (secondary N) is 1. The molecule has 1 aromatic carbocycles. The van der Waals surface area contributed by atoms with Gasteiger partial charge in [0.15, 0.2) is 11.7 Å². The largest absolute Gasteiger partial charge is 0.483 e. The molecule has 1 amide bonds. The van der Waals surface area contributed by atoms with Gasteiger partial charge < -0.3 is 4.74 Å². The fourth-order valence-corrected chi connectivity index (χ4v) is 4.35. The summed E-state index contributed by atoms with van der Waals surface area (Å²) in [6, 6.07) is 7.82. The van der Waals surface area contributed by atoms with E-state index in [4.69, 9.17) is 4.74 Å². The normalized spacial score (nSPS) is 12.6. The SMILES string of the molecule is CC(C)c1ccccc1OCC(=O)Nc1nc2c(s1)CCc1c-2cnn1C. The average Bonchev–Trinajstić information content (AvgIpc) is 3.23. The van der Waals surface area contributed by atoms with Crippen molar-refractivity contribution in [2.45, 2.75) is 32.6 Å². The molecule has 140 valence electrons. The third-order valence-corrected chi connectivity index (χ3v) is 5.78. The summed E-state index contributed by atoms with van der Waals surface area (Å²) < 4.78 is 7.64. The maximum absolute atomic E-state index is 12.3. The molecular weight excluding hydrogens is 360 g/mol. The summed E-state index contributed by atoms with van der Waals surface area (Å²) in [7, 11) is 1.95. The standard InChI is InChI=1S/C20H22N4O2S/c1-12(2)13-6-4-5-7-16(13)26-11-18(25)22-20-23-19-14-10-21-24(3)15(14)8-9-17(19)27-20/h4-7,10,12H,8-9,11H2,1-3H3,(H,22,23,25). The quantitative estimate of drug-likeness (QED) is 0.729. The molecule has 3 aromatic rings. The number of ether oxygens (including phenoxy) is 1. The first kappa shape index (κ1) is 17.7. The zero-order valence-corrected chi connectivity index (χ0v) is 16.5. The van der Waals surface area contributed by atoms with Crippen molar-refractivity contribution in [3.8, 4) is 17.0 Å². The average molecular weight is 382 g/mol. The number of amides is 1. The van der Waals surface area contributed by atoms with Gasteiger partial charge in [-0.2, -0.15) is 5.10 Å². The van der Waals surface area contributed by atoms with Crippen LogP contribution in [0, 0.1) is 0 Å². The van der Waals surface area contributed by atoms with Crippen molar-refractivity contribution in [3.63, 3.8) is 0 Å². The molecule has 27 heavy (non-hydrogen) atoms. The lowest BCUT2D eigenvalue weighted by Crippen LogP contribution is -2.20. The van der Waals surface area contributed by atoms with Crippen LogP contribution >= 0.6 is 11.3 Å². The van der Waals surface area contributed by atoms with E-state index in [2.05, 4.69) is 29.2 Å². The molecule has 0 saturated carbocycles. The van der Waals surface area contributed by atoms with E-state index in [1.54, 1.807) is 0 Å². The second-order valence-electron chi connectivity index (χ2n) is 6.95. The van der Waals surface area contributed by atoms with E-state index < -0.39 is 0 Å². The van der Waals surface area contributed by atoms with Crippen LogP contribution in [0.15, 0.2) is 30.5 Å². The number of anilines is 1. The number of carbonyl (C=O) groups is 1. The highest BCUT2D eigenvalue weighted by Gasteiger charge is 2.24. The lowest BCUT2D eigenvalue weighted by molar-refractivity contribution is -0.118. The summed E-state index contributed by atoms with van der Waals surface area (Å²) in [6.45, 7) is 4.18. The first-order valence-electron chi connectivity index (χ1n) is 9.05. The Kier molecular flexibility index (Phi) is 4.70. The summed E-state index contributed by atoms with van der Waals surface area (Å²) >= 11 is 1.53. The molecule has 1 N–H and O–H groups in total. The van der Waals surface area contributed by atoms with Crippen LogP contribution in [0.2, 0.25) is 0 Å². The Morgan fingerprint density at radius 2 is 2.15 bits per heavy atom. The van der Waals surface area contributed by atoms with E-state index in [0.717, 1.165) is 35.4 Å². The molecule has 0 atom stereocenters. The topological polar surface area (TPSA) is 69.0 Å². The Hall–Kier alpha value is -2.67. The van der Waals surface area contributed by atoms with Crippen molar-refractivity contribution in [2.75, 3.05) is 11.9 Å². The molecule has 1 aliphatic rings. The van der Waals surface area contributed by atoms with E-state index >= 15 is 0 Å². The Morgan fingerprint density at radius 3 is 2.96 bits per heavy atom. The second-order valence-corrected chi connectivity index (χ2v) is 8.03. The summed E-state index contributed by atoms with van der Waals surface area (Å²) in [4.78, 5) is 18.2. The van der Waals surface area contributed by atoms with Gasteiger partial charge in [-0.05, 0) is 30.4 Å². The lowest BCUT2D eigenvalue weighted by Gasteiger charge is -2.13. The number of para-hydroxylation sites is 1. The van der Waals surface area contributed by atoms with Crippen molar-refractivity contribution in [1.82, 2.24) is 14.8 Å². The van der Waals surface area contributed by atoms with Gasteiger partial charge >= 0.3 is 0 Å². The van der Waals surface area contributed by atoms with E-state index in [0.29, 0.717) is 11.0 Å². The first-order chi connectivity index (χ1) is 13.0. The van der Waals surface area contributed by atoms with E-state index in [1.165, 1.54) is 21.9 Å². The van der Waals surface area contributed by atoms with Crippen molar-refractivity contribution in [2.24, 2.45) is 7.05 Å². The van der Waals surface area contributed by atoms with Crippen LogP contribution in [0.4, 0.5) is 5.13 Å². The van der Waals surface area contributed by atoms with Gasteiger partial charge in [0.05, 0.1) is 11.9 Å². The maximum atomic E-state index is 12.3. The van der Waals surface area contributed by atoms with Crippen LogP contribution < -0.4 is 10.1 Å². The van der Waals surface area contributed by atoms with E-state index in [1.807, 2.05) is 42.2 Å². The molecule has 0 spiro atoms. The number of aromatic nitrogens is 3. The molecule has 0 aliphatic heterocycles. The molecule has 2 heterocycles.